The van der Waals surface area contributed by atoms with Gasteiger partial charge in [-0.05, 0) is 12.8 Å². The lowest BCUT2D eigenvalue weighted by atomic mass is 10.0. The standard InChI is InChI=1S/C8H12F3NO2/c1-4(6(12)8(9,10)11)7(13)14-5-2-3-5/h4-6H,2-3,12H2,1H3/t4-,6-/m0/s1. The molecule has 0 aliphatic heterocycles. The molecule has 0 unspecified atom stereocenters. The predicted octanol–water partition coefficient (Wildman–Crippen LogP) is 1.22. The summed E-state index contributed by atoms with van der Waals surface area (Å²) in [5.41, 5.74) is 4.87. The molecule has 1 aliphatic carbocycles. The molecule has 82 valence electrons. The molecule has 1 saturated carbocycles. The third-order valence-electron chi connectivity index (χ3n) is 2.10. The van der Waals surface area contributed by atoms with Gasteiger partial charge in [-0.15, -0.1) is 0 Å². The van der Waals surface area contributed by atoms with Crippen molar-refractivity contribution in [3.63, 3.8) is 0 Å². The van der Waals surface area contributed by atoms with Gasteiger partial charge in [-0.25, -0.2) is 0 Å². The highest BCUT2D eigenvalue weighted by atomic mass is 19.4. The zero-order valence-electron chi connectivity index (χ0n) is 7.67. The minimum absolute atomic E-state index is 0.189. The summed E-state index contributed by atoms with van der Waals surface area (Å²) in [6.45, 7) is 1.13. The van der Waals surface area contributed by atoms with E-state index in [0.717, 1.165) is 19.8 Å². The van der Waals surface area contributed by atoms with Gasteiger partial charge in [0.05, 0.1) is 5.92 Å². The summed E-state index contributed by atoms with van der Waals surface area (Å²) in [6.07, 6.45) is -3.27. The van der Waals surface area contributed by atoms with E-state index in [0.29, 0.717) is 0 Å². The molecule has 2 atom stereocenters. The SMILES string of the molecule is C[C@H](C(=O)OC1CC1)[C@H](N)C(F)(F)F. The maximum atomic E-state index is 12.1. The van der Waals surface area contributed by atoms with Gasteiger partial charge >= 0.3 is 12.1 Å². The Kier molecular flexibility index (Phi) is 3.04. The van der Waals surface area contributed by atoms with Crippen LogP contribution in [0, 0.1) is 5.92 Å². The first-order valence-electron chi connectivity index (χ1n) is 4.35. The lowest BCUT2D eigenvalue weighted by molar-refractivity contribution is -0.175. The van der Waals surface area contributed by atoms with Crippen LogP contribution in [0.1, 0.15) is 19.8 Å². The highest BCUT2D eigenvalue weighted by molar-refractivity contribution is 5.73. The quantitative estimate of drug-likeness (QED) is 0.714. The number of hydrogen-bond donors (Lipinski definition) is 1. The van der Waals surface area contributed by atoms with Crippen molar-refractivity contribution in [2.24, 2.45) is 11.7 Å². The zero-order valence-corrected chi connectivity index (χ0v) is 7.67. The molecule has 0 saturated heterocycles. The summed E-state index contributed by atoms with van der Waals surface area (Å²) < 4.78 is 41.0. The average Bonchev–Trinajstić information content (AvgIpc) is 2.83. The molecule has 0 aromatic rings. The lowest BCUT2D eigenvalue weighted by Gasteiger charge is -2.20. The number of carbonyl (C=O) groups is 1. The molecule has 6 heteroatoms. The third kappa shape index (κ3) is 2.87. The molecule has 0 aromatic carbocycles. The maximum absolute atomic E-state index is 12.1. The third-order valence-corrected chi connectivity index (χ3v) is 2.10. The highest BCUT2D eigenvalue weighted by Gasteiger charge is 2.44. The minimum atomic E-state index is -4.55. The Labute approximate surface area is 79.4 Å². The number of rotatable bonds is 3. The van der Waals surface area contributed by atoms with E-state index in [1.807, 2.05) is 0 Å². The number of carbonyl (C=O) groups excluding carboxylic acids is 1. The number of ether oxygens (including phenoxy) is 1. The monoisotopic (exact) mass is 211 g/mol. The molecule has 0 radical (unpaired) electrons. The van der Waals surface area contributed by atoms with Crippen LogP contribution in [0.4, 0.5) is 13.2 Å². The van der Waals surface area contributed by atoms with Crippen molar-refractivity contribution < 1.29 is 22.7 Å². The van der Waals surface area contributed by atoms with Crippen LogP contribution < -0.4 is 5.73 Å². The number of hydrogen-bond acceptors (Lipinski definition) is 3. The Bertz CT molecular complexity index is 225. The molecule has 1 rings (SSSR count). The van der Waals surface area contributed by atoms with Crippen molar-refractivity contribution in [1.29, 1.82) is 0 Å². The van der Waals surface area contributed by atoms with E-state index in [9.17, 15) is 18.0 Å². The smallest absolute Gasteiger partial charge is 0.404 e. The minimum Gasteiger partial charge on any atom is -0.462 e. The summed E-state index contributed by atoms with van der Waals surface area (Å²) in [6, 6.07) is -2.14. The molecule has 1 fully saturated rings. The van der Waals surface area contributed by atoms with Crippen LogP contribution in [0.2, 0.25) is 0 Å². The first-order valence-corrected chi connectivity index (χ1v) is 4.35. The number of alkyl halides is 3. The molecule has 0 aromatic heterocycles. The van der Waals surface area contributed by atoms with Crippen molar-refractivity contribution in [1.82, 2.24) is 0 Å². The van der Waals surface area contributed by atoms with Crippen LogP contribution in [0.15, 0.2) is 0 Å². The van der Waals surface area contributed by atoms with Gasteiger partial charge in [0.2, 0.25) is 0 Å². The van der Waals surface area contributed by atoms with Crippen molar-refractivity contribution in [3.05, 3.63) is 0 Å². The predicted molar refractivity (Wildman–Crippen MR) is 42.3 cm³/mol. The molecule has 0 bridgehead atoms. The Morgan fingerprint density at radius 1 is 1.50 bits per heavy atom. The normalized spacial score (nSPS) is 21.5. The fourth-order valence-corrected chi connectivity index (χ4v) is 0.888. The molecule has 3 nitrogen and oxygen atoms in total. The van der Waals surface area contributed by atoms with E-state index in [-0.39, 0.29) is 6.10 Å². The molecule has 0 amide bonds. The first-order chi connectivity index (χ1) is 6.32. The summed E-state index contributed by atoms with van der Waals surface area (Å²) in [5, 5.41) is 0. The van der Waals surface area contributed by atoms with E-state index < -0.39 is 24.1 Å². The van der Waals surface area contributed by atoms with Gasteiger partial charge in [-0.2, -0.15) is 13.2 Å². The Hall–Kier alpha value is -0.780. The van der Waals surface area contributed by atoms with Gasteiger partial charge in [0.15, 0.2) is 0 Å². The Morgan fingerprint density at radius 3 is 2.36 bits per heavy atom. The molecule has 0 heterocycles. The van der Waals surface area contributed by atoms with Crippen molar-refractivity contribution in [3.8, 4) is 0 Å². The van der Waals surface area contributed by atoms with Crippen molar-refractivity contribution in [2.45, 2.75) is 38.1 Å². The van der Waals surface area contributed by atoms with Crippen LogP contribution in [0.5, 0.6) is 0 Å². The average molecular weight is 211 g/mol. The van der Waals surface area contributed by atoms with E-state index >= 15 is 0 Å². The molecule has 2 N–H and O–H groups in total. The van der Waals surface area contributed by atoms with E-state index in [1.165, 1.54) is 0 Å². The van der Waals surface area contributed by atoms with Gasteiger partial charge in [-0.3, -0.25) is 4.79 Å². The van der Waals surface area contributed by atoms with Gasteiger partial charge in [0.1, 0.15) is 12.1 Å². The maximum Gasteiger partial charge on any atom is 0.404 e. The molecular weight excluding hydrogens is 199 g/mol. The van der Waals surface area contributed by atoms with Crippen LogP contribution >= 0.6 is 0 Å². The fraction of sp³-hybridized carbons (Fsp3) is 0.875. The molecule has 1 aliphatic rings. The molecular formula is C8H12F3NO2. The van der Waals surface area contributed by atoms with Crippen LogP contribution in [-0.2, 0) is 9.53 Å². The summed E-state index contributed by atoms with van der Waals surface area (Å²) in [7, 11) is 0. The second kappa shape index (κ2) is 3.76. The Balaban J connectivity index is 2.45. The second-order valence-electron chi connectivity index (χ2n) is 3.49. The summed E-state index contributed by atoms with van der Waals surface area (Å²) >= 11 is 0. The van der Waals surface area contributed by atoms with Gasteiger partial charge in [0.25, 0.3) is 0 Å². The topological polar surface area (TPSA) is 52.3 Å². The first kappa shape index (κ1) is 11.3. The van der Waals surface area contributed by atoms with Gasteiger partial charge in [0, 0.05) is 0 Å². The van der Waals surface area contributed by atoms with Crippen molar-refractivity contribution >= 4 is 5.97 Å². The van der Waals surface area contributed by atoms with Crippen LogP contribution in [0.25, 0.3) is 0 Å². The van der Waals surface area contributed by atoms with Crippen LogP contribution in [0.3, 0.4) is 0 Å². The lowest BCUT2D eigenvalue weighted by Crippen LogP contribution is -2.46. The van der Waals surface area contributed by atoms with Crippen molar-refractivity contribution in [2.75, 3.05) is 0 Å². The van der Waals surface area contributed by atoms with Gasteiger partial charge < -0.3 is 10.5 Å². The zero-order chi connectivity index (χ0) is 10.9. The van der Waals surface area contributed by atoms with Gasteiger partial charge in [-0.1, -0.05) is 6.92 Å². The number of esters is 1. The summed E-state index contributed by atoms with van der Waals surface area (Å²) in [5.74, 6) is -2.20. The molecule has 0 spiro atoms. The second-order valence-corrected chi connectivity index (χ2v) is 3.49. The number of nitrogens with two attached hydrogens (primary N) is 1. The van der Waals surface area contributed by atoms with E-state index in [1.54, 1.807) is 0 Å². The Morgan fingerprint density at radius 2 is 2.00 bits per heavy atom. The molecule has 14 heavy (non-hydrogen) atoms. The fourth-order valence-electron chi connectivity index (χ4n) is 0.888. The van der Waals surface area contributed by atoms with E-state index in [4.69, 9.17) is 10.5 Å². The van der Waals surface area contributed by atoms with E-state index in [2.05, 4.69) is 0 Å². The summed E-state index contributed by atoms with van der Waals surface area (Å²) in [4.78, 5) is 11.1. The highest BCUT2D eigenvalue weighted by Crippen LogP contribution is 2.28. The largest absolute Gasteiger partial charge is 0.462 e. The number of halogens is 3. The van der Waals surface area contributed by atoms with Crippen LogP contribution in [-0.4, -0.2) is 24.3 Å².